The lowest BCUT2D eigenvalue weighted by Gasteiger charge is -2.41. The summed E-state index contributed by atoms with van der Waals surface area (Å²) in [6.07, 6.45) is -0.253. The van der Waals surface area contributed by atoms with E-state index in [2.05, 4.69) is 5.32 Å². The number of benzene rings is 1. The number of rotatable bonds is 9. The number of nitrogens with two attached hydrogens (primary N) is 2. The maximum absolute atomic E-state index is 14.0. The van der Waals surface area contributed by atoms with E-state index >= 15 is 0 Å². The van der Waals surface area contributed by atoms with Crippen molar-refractivity contribution in [3.05, 3.63) is 35.4 Å². The molecule has 1 aromatic carbocycles. The van der Waals surface area contributed by atoms with Gasteiger partial charge in [-0.15, -0.1) is 0 Å². The molecule has 3 rings (SSSR count). The van der Waals surface area contributed by atoms with Crippen molar-refractivity contribution in [3.8, 4) is 0 Å². The summed E-state index contributed by atoms with van der Waals surface area (Å²) >= 11 is 0. The fourth-order valence-corrected chi connectivity index (χ4v) is 5.31. The molecule has 4 amide bonds. The normalized spacial score (nSPS) is 24.9. The summed E-state index contributed by atoms with van der Waals surface area (Å²) in [5.41, 5.74) is 11.8. The van der Waals surface area contributed by atoms with Gasteiger partial charge in [-0.05, 0) is 52.0 Å². The van der Waals surface area contributed by atoms with Gasteiger partial charge in [0.15, 0.2) is 0 Å². The van der Waals surface area contributed by atoms with Crippen LogP contribution in [0.2, 0.25) is 0 Å². The zero-order valence-electron chi connectivity index (χ0n) is 21.7. The number of hydrogen-bond acceptors (Lipinski definition) is 7. The lowest BCUT2D eigenvalue weighted by molar-refractivity contribution is -0.152. The molecular formula is C26H39N5O6. The SMILES string of the molecule is Cc1ccc(CC2(C(=O)NC(C(N)=O)[C@@H](C)O)CCCN2C(=O)[C@@H]2CCCN2C(=O)C(N)[C@@H](C)O)cc1. The molecule has 2 fully saturated rings. The van der Waals surface area contributed by atoms with E-state index in [1.807, 2.05) is 31.2 Å². The highest BCUT2D eigenvalue weighted by molar-refractivity contribution is 5.98. The summed E-state index contributed by atoms with van der Waals surface area (Å²) in [5.74, 6) is -2.36. The van der Waals surface area contributed by atoms with Crippen LogP contribution in [0.3, 0.4) is 0 Å². The van der Waals surface area contributed by atoms with E-state index in [4.69, 9.17) is 11.5 Å². The molecule has 0 bridgehead atoms. The molecule has 0 aliphatic carbocycles. The Morgan fingerprint density at radius 3 is 2.30 bits per heavy atom. The third kappa shape index (κ3) is 5.94. The number of aliphatic hydroxyl groups excluding tert-OH is 2. The van der Waals surface area contributed by atoms with E-state index in [9.17, 15) is 29.4 Å². The number of primary amides is 1. The minimum Gasteiger partial charge on any atom is -0.391 e. The number of aliphatic hydroxyl groups is 2. The van der Waals surface area contributed by atoms with Gasteiger partial charge >= 0.3 is 0 Å². The molecular weight excluding hydrogens is 478 g/mol. The van der Waals surface area contributed by atoms with Gasteiger partial charge in [0.25, 0.3) is 0 Å². The topological polar surface area (TPSA) is 179 Å². The fraction of sp³-hybridized carbons (Fsp3) is 0.615. The standard InChI is InChI=1S/C26H39N5O6/c1-15-7-9-18(10-8-15)14-26(25(37)29-21(17(3)33)22(28)34)11-5-13-31(26)23(35)19-6-4-12-30(19)24(36)20(27)16(2)32/h7-10,16-17,19-21,32-33H,4-6,11-14,27H2,1-3H3,(H2,28,34)(H,29,37)/t16-,17-,19+,20?,21?,26?/m1/s1. The number of nitrogens with zero attached hydrogens (tertiary/aromatic N) is 2. The van der Waals surface area contributed by atoms with Crippen LogP contribution in [0.1, 0.15) is 50.7 Å². The maximum Gasteiger partial charge on any atom is 0.247 e. The molecule has 11 heteroatoms. The summed E-state index contributed by atoms with van der Waals surface area (Å²) in [4.78, 5) is 55.6. The Kier molecular flexibility index (Phi) is 8.93. The molecule has 3 unspecified atom stereocenters. The second kappa shape index (κ2) is 11.6. The van der Waals surface area contributed by atoms with Gasteiger partial charge in [0.05, 0.1) is 12.2 Å². The van der Waals surface area contributed by atoms with Gasteiger partial charge in [-0.1, -0.05) is 29.8 Å². The predicted molar refractivity (Wildman–Crippen MR) is 136 cm³/mol. The second-order valence-electron chi connectivity index (χ2n) is 10.3. The highest BCUT2D eigenvalue weighted by Crippen LogP contribution is 2.36. The average Bonchev–Trinajstić information content (AvgIpc) is 3.50. The molecule has 1 aromatic rings. The second-order valence-corrected chi connectivity index (χ2v) is 10.3. The number of amides is 4. The first-order chi connectivity index (χ1) is 17.4. The zero-order valence-corrected chi connectivity index (χ0v) is 21.7. The van der Waals surface area contributed by atoms with Gasteiger partial charge in [-0.3, -0.25) is 19.2 Å². The molecule has 204 valence electrons. The van der Waals surface area contributed by atoms with Crippen LogP contribution in [0.4, 0.5) is 0 Å². The number of hydrogen-bond donors (Lipinski definition) is 5. The third-order valence-corrected chi connectivity index (χ3v) is 7.50. The molecule has 0 radical (unpaired) electrons. The first kappa shape index (κ1) is 28.5. The number of carbonyl (C=O) groups excluding carboxylic acids is 4. The molecule has 0 saturated carbocycles. The lowest BCUT2D eigenvalue weighted by Crippen LogP contribution is -2.65. The molecule has 6 atom stereocenters. The van der Waals surface area contributed by atoms with Gasteiger partial charge in [0.2, 0.25) is 23.6 Å². The largest absolute Gasteiger partial charge is 0.391 e. The van der Waals surface area contributed by atoms with E-state index in [1.54, 1.807) is 0 Å². The van der Waals surface area contributed by atoms with Gasteiger partial charge in [0, 0.05) is 19.5 Å². The van der Waals surface area contributed by atoms with Gasteiger partial charge in [-0.2, -0.15) is 0 Å². The summed E-state index contributed by atoms with van der Waals surface area (Å²) in [6, 6.07) is 4.31. The molecule has 37 heavy (non-hydrogen) atoms. The third-order valence-electron chi connectivity index (χ3n) is 7.50. The van der Waals surface area contributed by atoms with Crippen molar-refractivity contribution in [1.82, 2.24) is 15.1 Å². The van der Waals surface area contributed by atoms with Gasteiger partial charge in [0.1, 0.15) is 23.7 Å². The zero-order chi connectivity index (χ0) is 27.5. The van der Waals surface area contributed by atoms with Crippen LogP contribution < -0.4 is 16.8 Å². The van der Waals surface area contributed by atoms with Crippen molar-refractivity contribution in [2.75, 3.05) is 13.1 Å². The van der Waals surface area contributed by atoms with Crippen LogP contribution in [-0.4, -0.2) is 92.6 Å². The van der Waals surface area contributed by atoms with E-state index < -0.39 is 53.6 Å². The smallest absolute Gasteiger partial charge is 0.247 e. The van der Waals surface area contributed by atoms with Crippen LogP contribution in [0.5, 0.6) is 0 Å². The van der Waals surface area contributed by atoms with E-state index in [0.29, 0.717) is 32.2 Å². The van der Waals surface area contributed by atoms with Crippen molar-refractivity contribution >= 4 is 23.6 Å². The van der Waals surface area contributed by atoms with Crippen LogP contribution >= 0.6 is 0 Å². The first-order valence-corrected chi connectivity index (χ1v) is 12.8. The molecule has 2 saturated heterocycles. The Morgan fingerprint density at radius 1 is 1.08 bits per heavy atom. The number of carbonyl (C=O) groups is 4. The molecule has 2 aliphatic rings. The Hall–Kier alpha value is -3.02. The van der Waals surface area contributed by atoms with Crippen molar-refractivity contribution in [2.45, 2.75) is 88.7 Å². The summed E-state index contributed by atoms with van der Waals surface area (Å²) in [7, 11) is 0. The monoisotopic (exact) mass is 517 g/mol. The predicted octanol–water partition coefficient (Wildman–Crippen LogP) is -1.05. The summed E-state index contributed by atoms with van der Waals surface area (Å²) in [6.45, 7) is 5.33. The molecule has 11 nitrogen and oxygen atoms in total. The van der Waals surface area contributed by atoms with Crippen molar-refractivity contribution < 1.29 is 29.4 Å². The molecule has 7 N–H and O–H groups in total. The minimum atomic E-state index is -1.35. The highest BCUT2D eigenvalue weighted by Gasteiger charge is 2.53. The fourth-order valence-electron chi connectivity index (χ4n) is 5.31. The summed E-state index contributed by atoms with van der Waals surface area (Å²) < 4.78 is 0. The minimum absolute atomic E-state index is 0.185. The number of nitrogens with one attached hydrogen (secondary N) is 1. The molecule has 0 spiro atoms. The van der Waals surface area contributed by atoms with Gasteiger partial charge < -0.3 is 36.8 Å². The first-order valence-electron chi connectivity index (χ1n) is 12.8. The Balaban J connectivity index is 1.97. The Labute approximate surface area is 217 Å². The van der Waals surface area contributed by atoms with E-state index in [0.717, 1.165) is 11.1 Å². The Bertz CT molecular complexity index is 1010. The van der Waals surface area contributed by atoms with Gasteiger partial charge in [-0.25, -0.2) is 0 Å². The van der Waals surface area contributed by atoms with Crippen LogP contribution in [0.15, 0.2) is 24.3 Å². The van der Waals surface area contributed by atoms with Crippen LogP contribution in [0, 0.1) is 6.92 Å². The maximum atomic E-state index is 14.0. The Morgan fingerprint density at radius 2 is 1.73 bits per heavy atom. The quantitative estimate of drug-likeness (QED) is 0.277. The van der Waals surface area contributed by atoms with Crippen molar-refractivity contribution in [3.63, 3.8) is 0 Å². The molecule has 2 heterocycles. The van der Waals surface area contributed by atoms with Crippen molar-refractivity contribution in [2.24, 2.45) is 11.5 Å². The molecule has 0 aromatic heterocycles. The van der Waals surface area contributed by atoms with E-state index in [1.165, 1.54) is 23.6 Å². The highest BCUT2D eigenvalue weighted by atomic mass is 16.3. The van der Waals surface area contributed by atoms with E-state index in [-0.39, 0.29) is 18.9 Å². The number of aryl methyl sites for hydroxylation is 1. The lowest BCUT2D eigenvalue weighted by atomic mass is 9.85. The van der Waals surface area contributed by atoms with Crippen LogP contribution in [0.25, 0.3) is 0 Å². The van der Waals surface area contributed by atoms with Crippen LogP contribution in [-0.2, 0) is 25.6 Å². The number of likely N-dealkylation sites (tertiary alicyclic amines) is 2. The average molecular weight is 518 g/mol. The van der Waals surface area contributed by atoms with Crippen molar-refractivity contribution in [1.29, 1.82) is 0 Å². The summed E-state index contributed by atoms with van der Waals surface area (Å²) in [5, 5.41) is 22.5. The molecule has 2 aliphatic heterocycles.